The molecule has 35 heavy (non-hydrogen) atoms. The number of fused-ring (bicyclic) bond motifs is 1. The molecular weight excluding hydrogens is 444 g/mol. The third-order valence-electron chi connectivity index (χ3n) is 5.31. The quantitative estimate of drug-likeness (QED) is 0.362. The Morgan fingerprint density at radius 1 is 0.771 bits per heavy atom. The summed E-state index contributed by atoms with van der Waals surface area (Å²) in [5.74, 6) is -0.711. The van der Waals surface area contributed by atoms with E-state index in [1.54, 1.807) is 42.5 Å². The van der Waals surface area contributed by atoms with Gasteiger partial charge in [-0.3, -0.25) is 14.4 Å². The van der Waals surface area contributed by atoms with Crippen LogP contribution in [0.3, 0.4) is 0 Å². The number of benzene rings is 4. The van der Waals surface area contributed by atoms with Crippen LogP contribution in [0.4, 0.5) is 11.4 Å². The Morgan fingerprint density at radius 3 is 2.26 bits per heavy atom. The van der Waals surface area contributed by atoms with E-state index in [1.165, 1.54) is 7.11 Å². The number of ether oxygens (including phenoxy) is 2. The fourth-order valence-corrected chi connectivity index (χ4v) is 3.56. The number of amides is 2. The second-order valence-electron chi connectivity index (χ2n) is 7.80. The minimum absolute atomic E-state index is 0.0775. The van der Waals surface area contributed by atoms with E-state index in [2.05, 4.69) is 10.6 Å². The predicted octanol–water partition coefficient (Wildman–Crippen LogP) is 4.83. The molecule has 7 heteroatoms. The second-order valence-corrected chi connectivity index (χ2v) is 7.80. The first-order valence-electron chi connectivity index (χ1n) is 11.0. The summed E-state index contributed by atoms with van der Waals surface area (Å²) in [5, 5.41) is 7.57. The first kappa shape index (κ1) is 23.5. The van der Waals surface area contributed by atoms with Crippen molar-refractivity contribution in [1.29, 1.82) is 0 Å². The minimum Gasteiger partial charge on any atom is -0.495 e. The van der Waals surface area contributed by atoms with Crippen LogP contribution in [0.15, 0.2) is 91.0 Å². The molecule has 2 N–H and O–H groups in total. The molecule has 0 aliphatic rings. The Hall–Kier alpha value is -4.65. The summed E-state index contributed by atoms with van der Waals surface area (Å²) in [6.45, 7) is -0.400. The lowest BCUT2D eigenvalue weighted by Gasteiger charge is -2.10. The molecule has 0 unspecified atom stereocenters. The molecule has 0 spiro atoms. The van der Waals surface area contributed by atoms with Crippen molar-refractivity contribution in [2.75, 3.05) is 24.4 Å². The molecule has 0 aliphatic carbocycles. The van der Waals surface area contributed by atoms with E-state index in [4.69, 9.17) is 9.47 Å². The maximum atomic E-state index is 12.5. The number of hydrogen-bond donors (Lipinski definition) is 2. The molecule has 7 nitrogen and oxygen atoms in total. The number of anilines is 2. The molecule has 4 rings (SSSR count). The average Bonchev–Trinajstić information content (AvgIpc) is 2.88. The van der Waals surface area contributed by atoms with Gasteiger partial charge in [0.15, 0.2) is 6.61 Å². The van der Waals surface area contributed by atoms with Crippen LogP contribution in [-0.4, -0.2) is 31.5 Å². The van der Waals surface area contributed by atoms with E-state index < -0.39 is 18.5 Å². The zero-order valence-electron chi connectivity index (χ0n) is 19.1. The van der Waals surface area contributed by atoms with E-state index in [0.29, 0.717) is 22.7 Å². The average molecular weight is 469 g/mol. The van der Waals surface area contributed by atoms with Gasteiger partial charge in [-0.1, -0.05) is 54.6 Å². The molecule has 0 fully saturated rings. The summed E-state index contributed by atoms with van der Waals surface area (Å²) < 4.78 is 10.4. The summed E-state index contributed by atoms with van der Waals surface area (Å²) in [4.78, 5) is 36.9. The molecule has 0 aromatic heterocycles. The van der Waals surface area contributed by atoms with Gasteiger partial charge in [0.05, 0.1) is 19.2 Å². The van der Waals surface area contributed by atoms with E-state index in [0.717, 1.165) is 16.3 Å². The molecule has 0 saturated heterocycles. The van der Waals surface area contributed by atoms with Crippen molar-refractivity contribution in [2.24, 2.45) is 0 Å². The zero-order chi connectivity index (χ0) is 24.6. The molecule has 4 aromatic carbocycles. The monoisotopic (exact) mass is 468 g/mol. The van der Waals surface area contributed by atoms with Gasteiger partial charge in [-0.2, -0.15) is 0 Å². The number of para-hydroxylation sites is 2. The lowest BCUT2D eigenvalue weighted by Crippen LogP contribution is -2.21. The van der Waals surface area contributed by atoms with Crippen molar-refractivity contribution in [3.05, 3.63) is 102 Å². The fraction of sp³-hybridized carbons (Fsp3) is 0.107. The van der Waals surface area contributed by atoms with Crippen LogP contribution in [0.25, 0.3) is 10.8 Å². The van der Waals surface area contributed by atoms with Crippen molar-refractivity contribution in [3.63, 3.8) is 0 Å². The van der Waals surface area contributed by atoms with Crippen molar-refractivity contribution >= 4 is 39.9 Å². The highest BCUT2D eigenvalue weighted by Gasteiger charge is 2.12. The fourth-order valence-electron chi connectivity index (χ4n) is 3.56. The number of hydrogen-bond acceptors (Lipinski definition) is 5. The maximum Gasteiger partial charge on any atom is 0.310 e. The lowest BCUT2D eigenvalue weighted by molar-refractivity contribution is -0.146. The third kappa shape index (κ3) is 6.23. The van der Waals surface area contributed by atoms with Gasteiger partial charge in [0.1, 0.15) is 5.75 Å². The zero-order valence-corrected chi connectivity index (χ0v) is 19.1. The number of rotatable bonds is 8. The molecule has 0 heterocycles. The minimum atomic E-state index is -0.487. The van der Waals surface area contributed by atoms with Crippen molar-refractivity contribution in [3.8, 4) is 5.75 Å². The maximum absolute atomic E-state index is 12.5. The van der Waals surface area contributed by atoms with Gasteiger partial charge in [0.25, 0.3) is 11.8 Å². The van der Waals surface area contributed by atoms with Gasteiger partial charge in [-0.25, -0.2) is 0 Å². The molecular formula is C28H24N2O5. The summed E-state index contributed by atoms with van der Waals surface area (Å²) in [6, 6.07) is 27.1. The highest BCUT2D eigenvalue weighted by Crippen LogP contribution is 2.24. The van der Waals surface area contributed by atoms with E-state index in [-0.39, 0.29) is 12.3 Å². The first-order valence-corrected chi connectivity index (χ1v) is 11.0. The van der Waals surface area contributed by atoms with Gasteiger partial charge in [-0.05, 0) is 52.7 Å². The van der Waals surface area contributed by atoms with Crippen molar-refractivity contribution in [2.45, 2.75) is 6.42 Å². The molecule has 0 radical (unpaired) electrons. The van der Waals surface area contributed by atoms with Crippen LogP contribution in [0.2, 0.25) is 0 Å². The molecule has 0 saturated carbocycles. The Kier molecular flexibility index (Phi) is 7.37. The molecule has 0 bridgehead atoms. The number of methoxy groups -OCH3 is 1. The normalized spacial score (nSPS) is 10.4. The number of carbonyl (C=O) groups is 3. The van der Waals surface area contributed by atoms with Gasteiger partial charge in [0, 0.05) is 11.3 Å². The highest BCUT2D eigenvalue weighted by molar-refractivity contribution is 6.05. The van der Waals surface area contributed by atoms with Crippen molar-refractivity contribution in [1.82, 2.24) is 0 Å². The molecule has 0 atom stereocenters. The van der Waals surface area contributed by atoms with Gasteiger partial charge in [-0.15, -0.1) is 0 Å². The smallest absolute Gasteiger partial charge is 0.310 e. The van der Waals surface area contributed by atoms with Gasteiger partial charge in [0.2, 0.25) is 0 Å². The molecule has 4 aromatic rings. The lowest BCUT2D eigenvalue weighted by atomic mass is 10.1. The number of esters is 1. The van der Waals surface area contributed by atoms with Crippen LogP contribution in [0.1, 0.15) is 15.9 Å². The van der Waals surface area contributed by atoms with Gasteiger partial charge < -0.3 is 20.1 Å². The second kappa shape index (κ2) is 11.0. The summed E-state index contributed by atoms with van der Waals surface area (Å²) in [6.07, 6.45) is 0.0775. The van der Waals surface area contributed by atoms with E-state index in [1.807, 2.05) is 48.5 Å². The van der Waals surface area contributed by atoms with Crippen LogP contribution in [0, 0.1) is 0 Å². The molecule has 0 aliphatic heterocycles. The highest BCUT2D eigenvalue weighted by atomic mass is 16.5. The van der Waals surface area contributed by atoms with E-state index >= 15 is 0 Å². The Balaban J connectivity index is 1.26. The Morgan fingerprint density at radius 2 is 1.49 bits per heavy atom. The predicted molar refractivity (Wildman–Crippen MR) is 135 cm³/mol. The van der Waals surface area contributed by atoms with Crippen molar-refractivity contribution < 1.29 is 23.9 Å². The number of carbonyl (C=O) groups excluding carboxylic acids is 3. The van der Waals surface area contributed by atoms with Crippen LogP contribution < -0.4 is 15.4 Å². The Bertz CT molecular complexity index is 1370. The molecule has 2 amide bonds. The van der Waals surface area contributed by atoms with Crippen LogP contribution >= 0.6 is 0 Å². The summed E-state index contributed by atoms with van der Waals surface area (Å²) in [5.41, 5.74) is 2.27. The molecule has 176 valence electrons. The van der Waals surface area contributed by atoms with Crippen LogP contribution in [-0.2, 0) is 20.7 Å². The largest absolute Gasteiger partial charge is 0.495 e. The number of nitrogens with one attached hydrogen (secondary N) is 2. The van der Waals surface area contributed by atoms with E-state index in [9.17, 15) is 14.4 Å². The SMILES string of the molecule is COc1ccccc1NC(=O)c1ccc(NC(=O)COC(=O)Cc2ccc3ccccc3c2)cc1. The van der Waals surface area contributed by atoms with Crippen LogP contribution in [0.5, 0.6) is 5.75 Å². The summed E-state index contributed by atoms with van der Waals surface area (Å²) >= 11 is 0. The first-order chi connectivity index (χ1) is 17.0. The Labute approximate surface area is 202 Å². The standard InChI is InChI=1S/C28H24N2O5/c1-34-25-9-5-4-8-24(25)30-28(33)21-12-14-23(15-13-21)29-26(31)18-35-27(32)17-19-10-11-20-6-2-3-7-22(20)16-19/h2-16H,17-18H2,1H3,(H,29,31)(H,30,33). The summed E-state index contributed by atoms with van der Waals surface area (Å²) in [7, 11) is 1.53. The third-order valence-corrected chi connectivity index (χ3v) is 5.31. The topological polar surface area (TPSA) is 93.7 Å². The van der Waals surface area contributed by atoms with Gasteiger partial charge >= 0.3 is 5.97 Å².